The van der Waals surface area contributed by atoms with Crippen molar-refractivity contribution in [2.75, 3.05) is 13.1 Å². The number of piperidine rings is 1. The molecule has 1 saturated heterocycles. The molecule has 0 unspecified atom stereocenters. The molecule has 2 aromatic heterocycles. The van der Waals surface area contributed by atoms with Gasteiger partial charge in [-0.05, 0) is 54.7 Å². The minimum absolute atomic E-state index is 0.00260. The van der Waals surface area contributed by atoms with Gasteiger partial charge in [0.2, 0.25) is 0 Å². The molecule has 2 aromatic rings. The van der Waals surface area contributed by atoms with E-state index < -0.39 is 0 Å². The number of furan rings is 1. The van der Waals surface area contributed by atoms with Crippen molar-refractivity contribution in [2.24, 2.45) is 0 Å². The van der Waals surface area contributed by atoms with Crippen LogP contribution in [-0.2, 0) is 0 Å². The van der Waals surface area contributed by atoms with Crippen molar-refractivity contribution < 1.29 is 14.0 Å². The van der Waals surface area contributed by atoms with Crippen LogP contribution in [0.4, 0.5) is 0 Å². The SMILES string of the molecule is O=C(NC1CCN(C(=O)c2ccoc2)CC1)c1sccc1C1CC1. The number of nitrogens with one attached hydrogen (secondary N) is 1. The van der Waals surface area contributed by atoms with Gasteiger partial charge in [-0.15, -0.1) is 11.3 Å². The van der Waals surface area contributed by atoms with E-state index in [0.29, 0.717) is 24.6 Å². The third-order valence-electron chi connectivity index (χ3n) is 4.80. The van der Waals surface area contributed by atoms with Crippen molar-refractivity contribution in [3.63, 3.8) is 0 Å². The Labute approximate surface area is 144 Å². The molecule has 2 amide bonds. The summed E-state index contributed by atoms with van der Waals surface area (Å²) >= 11 is 1.53. The first-order valence-corrected chi connectivity index (χ1v) is 9.30. The zero-order chi connectivity index (χ0) is 16.5. The molecule has 1 saturated carbocycles. The molecule has 4 rings (SSSR count). The summed E-state index contributed by atoms with van der Waals surface area (Å²) < 4.78 is 4.97. The summed E-state index contributed by atoms with van der Waals surface area (Å²) in [4.78, 5) is 27.5. The lowest BCUT2D eigenvalue weighted by Crippen LogP contribution is -2.46. The minimum Gasteiger partial charge on any atom is -0.472 e. The molecule has 0 spiro atoms. The Morgan fingerprint density at radius 2 is 1.96 bits per heavy atom. The van der Waals surface area contributed by atoms with Gasteiger partial charge in [0.15, 0.2) is 0 Å². The van der Waals surface area contributed by atoms with Gasteiger partial charge in [0.1, 0.15) is 6.26 Å². The van der Waals surface area contributed by atoms with E-state index in [1.807, 2.05) is 10.3 Å². The molecule has 2 fully saturated rings. The minimum atomic E-state index is 0.00260. The second kappa shape index (κ2) is 6.43. The van der Waals surface area contributed by atoms with Gasteiger partial charge in [-0.3, -0.25) is 9.59 Å². The molecule has 1 aliphatic carbocycles. The zero-order valence-corrected chi connectivity index (χ0v) is 14.2. The second-order valence-electron chi connectivity index (χ2n) is 6.53. The standard InChI is InChI=1S/C18H20N2O3S/c21-17(16-15(6-10-24-16)12-1-2-12)19-14-3-7-20(8-4-14)18(22)13-5-9-23-11-13/h5-6,9-12,14H,1-4,7-8H2,(H,19,21). The van der Waals surface area contributed by atoms with Crippen LogP contribution in [0.25, 0.3) is 0 Å². The number of carbonyl (C=O) groups excluding carboxylic acids is 2. The van der Waals surface area contributed by atoms with Crippen LogP contribution in [0.5, 0.6) is 0 Å². The Morgan fingerprint density at radius 3 is 2.62 bits per heavy atom. The first-order valence-electron chi connectivity index (χ1n) is 8.42. The quantitative estimate of drug-likeness (QED) is 0.926. The molecule has 0 aromatic carbocycles. The first kappa shape index (κ1) is 15.4. The molecular formula is C18H20N2O3S. The Morgan fingerprint density at radius 1 is 1.17 bits per heavy atom. The Bertz CT molecular complexity index is 725. The first-order chi connectivity index (χ1) is 11.7. The third kappa shape index (κ3) is 3.11. The highest BCUT2D eigenvalue weighted by Crippen LogP contribution is 2.43. The monoisotopic (exact) mass is 344 g/mol. The van der Waals surface area contributed by atoms with E-state index in [4.69, 9.17) is 4.42 Å². The molecule has 3 heterocycles. The van der Waals surface area contributed by atoms with Crippen LogP contribution in [0.15, 0.2) is 34.5 Å². The van der Waals surface area contributed by atoms with E-state index in [1.54, 1.807) is 6.07 Å². The fraction of sp³-hybridized carbons (Fsp3) is 0.444. The Balaban J connectivity index is 1.32. The van der Waals surface area contributed by atoms with Crippen LogP contribution in [0.1, 0.15) is 57.2 Å². The molecule has 0 radical (unpaired) electrons. The Hall–Kier alpha value is -2.08. The summed E-state index contributed by atoms with van der Waals surface area (Å²) in [6, 6.07) is 3.91. The van der Waals surface area contributed by atoms with Crippen LogP contribution < -0.4 is 5.32 Å². The van der Waals surface area contributed by atoms with Crippen LogP contribution in [0.3, 0.4) is 0 Å². The van der Waals surface area contributed by atoms with Crippen molar-refractivity contribution in [1.29, 1.82) is 0 Å². The summed E-state index contributed by atoms with van der Waals surface area (Å²) in [5.74, 6) is 0.640. The van der Waals surface area contributed by atoms with Crippen molar-refractivity contribution in [2.45, 2.75) is 37.6 Å². The van der Waals surface area contributed by atoms with E-state index in [-0.39, 0.29) is 17.9 Å². The lowest BCUT2D eigenvalue weighted by molar-refractivity contribution is 0.0697. The molecule has 0 atom stereocenters. The summed E-state index contributed by atoms with van der Waals surface area (Å²) in [5, 5.41) is 5.16. The maximum Gasteiger partial charge on any atom is 0.261 e. The van der Waals surface area contributed by atoms with E-state index >= 15 is 0 Å². The van der Waals surface area contributed by atoms with Gasteiger partial charge in [0, 0.05) is 19.1 Å². The lowest BCUT2D eigenvalue weighted by atomic mass is 10.0. The predicted molar refractivity (Wildman–Crippen MR) is 91.4 cm³/mol. The number of carbonyl (C=O) groups is 2. The maximum atomic E-state index is 12.5. The van der Waals surface area contributed by atoms with Gasteiger partial charge in [0.25, 0.3) is 11.8 Å². The average Bonchev–Trinajstić information content (AvgIpc) is 3.11. The fourth-order valence-corrected chi connectivity index (χ4v) is 4.15. The van der Waals surface area contributed by atoms with Crippen LogP contribution >= 0.6 is 11.3 Å². The topological polar surface area (TPSA) is 62.6 Å². The van der Waals surface area contributed by atoms with Crippen molar-refractivity contribution >= 4 is 23.2 Å². The van der Waals surface area contributed by atoms with Crippen molar-refractivity contribution in [3.8, 4) is 0 Å². The highest BCUT2D eigenvalue weighted by Gasteiger charge is 2.30. The number of nitrogens with zero attached hydrogens (tertiary/aromatic N) is 1. The second-order valence-corrected chi connectivity index (χ2v) is 7.45. The highest BCUT2D eigenvalue weighted by atomic mass is 32.1. The smallest absolute Gasteiger partial charge is 0.261 e. The summed E-state index contributed by atoms with van der Waals surface area (Å²) in [6.07, 6.45) is 6.97. The van der Waals surface area contributed by atoms with Crippen molar-refractivity contribution in [1.82, 2.24) is 10.2 Å². The molecule has 2 aliphatic rings. The Kier molecular flexibility index (Phi) is 4.14. The van der Waals surface area contributed by atoms with Gasteiger partial charge in [0.05, 0.1) is 16.7 Å². The van der Waals surface area contributed by atoms with Gasteiger partial charge >= 0.3 is 0 Å². The van der Waals surface area contributed by atoms with Crippen molar-refractivity contribution in [3.05, 3.63) is 46.0 Å². The zero-order valence-electron chi connectivity index (χ0n) is 13.4. The summed E-state index contributed by atoms with van der Waals surface area (Å²) in [6.45, 7) is 1.32. The number of thiophene rings is 1. The van der Waals surface area contributed by atoms with Crippen LogP contribution in [0, 0.1) is 0 Å². The number of amides is 2. The maximum absolute atomic E-state index is 12.5. The number of likely N-dealkylation sites (tertiary alicyclic amines) is 1. The highest BCUT2D eigenvalue weighted by molar-refractivity contribution is 7.12. The molecule has 126 valence electrons. The molecule has 5 nitrogen and oxygen atoms in total. The largest absolute Gasteiger partial charge is 0.472 e. The molecule has 1 N–H and O–H groups in total. The van der Waals surface area contributed by atoms with Crippen LogP contribution in [0.2, 0.25) is 0 Å². The molecule has 24 heavy (non-hydrogen) atoms. The van der Waals surface area contributed by atoms with Gasteiger partial charge in [-0.25, -0.2) is 0 Å². The van der Waals surface area contributed by atoms with Gasteiger partial charge < -0.3 is 14.6 Å². The molecule has 6 heteroatoms. The van der Waals surface area contributed by atoms with Gasteiger partial charge in [-0.1, -0.05) is 0 Å². The number of rotatable bonds is 4. The molecule has 0 bridgehead atoms. The average molecular weight is 344 g/mol. The summed E-state index contributed by atoms with van der Waals surface area (Å²) in [7, 11) is 0. The fourth-order valence-electron chi connectivity index (χ4n) is 3.27. The third-order valence-corrected chi connectivity index (χ3v) is 5.73. The van der Waals surface area contributed by atoms with Gasteiger partial charge in [-0.2, -0.15) is 0 Å². The summed E-state index contributed by atoms with van der Waals surface area (Å²) in [5.41, 5.74) is 1.80. The normalized spacial score (nSPS) is 18.6. The lowest BCUT2D eigenvalue weighted by Gasteiger charge is -2.32. The number of hydrogen-bond donors (Lipinski definition) is 1. The van der Waals surface area contributed by atoms with E-state index in [9.17, 15) is 9.59 Å². The molecular weight excluding hydrogens is 324 g/mol. The van der Waals surface area contributed by atoms with E-state index in [0.717, 1.165) is 17.7 Å². The van der Waals surface area contributed by atoms with Crippen LogP contribution in [-0.4, -0.2) is 35.8 Å². The van der Waals surface area contributed by atoms with E-state index in [2.05, 4.69) is 11.4 Å². The molecule has 1 aliphatic heterocycles. The predicted octanol–water partition coefficient (Wildman–Crippen LogP) is 3.25. The number of hydrogen-bond acceptors (Lipinski definition) is 4. The van der Waals surface area contributed by atoms with E-state index in [1.165, 1.54) is 42.3 Å².